The van der Waals surface area contributed by atoms with E-state index in [1.54, 1.807) is 57.4 Å². The number of rotatable bonds is 8. The van der Waals surface area contributed by atoms with Crippen LogP contribution in [0.25, 0.3) is 0 Å². The van der Waals surface area contributed by atoms with Crippen molar-refractivity contribution in [1.82, 2.24) is 10.2 Å². The zero-order valence-corrected chi connectivity index (χ0v) is 17.7. The molecule has 0 saturated heterocycles. The lowest BCUT2D eigenvalue weighted by molar-refractivity contribution is -0.131. The van der Waals surface area contributed by atoms with E-state index in [0.29, 0.717) is 35.2 Å². The molecule has 0 fully saturated rings. The molecule has 29 heavy (non-hydrogen) atoms. The molecule has 0 heterocycles. The molecule has 1 unspecified atom stereocenters. The highest BCUT2D eigenvalue weighted by molar-refractivity contribution is 6.30. The van der Waals surface area contributed by atoms with Gasteiger partial charge in [-0.3, -0.25) is 4.79 Å². The fraction of sp³-hybridized carbons (Fsp3) is 0.333. The van der Waals surface area contributed by atoms with E-state index in [9.17, 15) is 9.59 Å². The molecule has 156 valence electrons. The Balaban J connectivity index is 1.86. The highest BCUT2D eigenvalue weighted by Gasteiger charge is 2.19. The maximum Gasteiger partial charge on any atom is 0.319 e. The van der Waals surface area contributed by atoms with E-state index in [-0.39, 0.29) is 5.91 Å². The van der Waals surface area contributed by atoms with Gasteiger partial charge in [-0.1, -0.05) is 23.7 Å². The van der Waals surface area contributed by atoms with Gasteiger partial charge in [0, 0.05) is 24.3 Å². The fourth-order valence-corrected chi connectivity index (χ4v) is 2.96. The number of hydrogen-bond donors (Lipinski definition) is 2. The van der Waals surface area contributed by atoms with Crippen molar-refractivity contribution in [3.63, 3.8) is 0 Å². The Kier molecular flexibility index (Phi) is 8.15. The third-order valence-electron chi connectivity index (χ3n) is 4.36. The predicted octanol–water partition coefficient (Wildman–Crippen LogP) is 3.57. The van der Waals surface area contributed by atoms with Crippen LogP contribution in [-0.4, -0.2) is 50.7 Å². The summed E-state index contributed by atoms with van der Waals surface area (Å²) in [4.78, 5) is 26.2. The normalized spacial score (nSPS) is 11.3. The van der Waals surface area contributed by atoms with E-state index in [1.165, 1.54) is 0 Å². The highest BCUT2D eigenvalue weighted by atomic mass is 35.5. The predicted molar refractivity (Wildman–Crippen MR) is 114 cm³/mol. The number of nitrogens with zero attached hydrogens (tertiary/aromatic N) is 1. The summed E-state index contributed by atoms with van der Waals surface area (Å²) in [6, 6.07) is 11.3. The number of methoxy groups -OCH3 is 2. The summed E-state index contributed by atoms with van der Waals surface area (Å²) in [5, 5.41) is 5.81. The zero-order valence-electron chi connectivity index (χ0n) is 17.0. The van der Waals surface area contributed by atoms with Gasteiger partial charge in [0.1, 0.15) is 6.04 Å². The number of carbonyl (C=O) groups excluding carboxylic acids is 2. The Morgan fingerprint density at radius 2 is 1.83 bits per heavy atom. The summed E-state index contributed by atoms with van der Waals surface area (Å²) in [6.07, 6.45) is 0.643. The monoisotopic (exact) mass is 419 g/mol. The van der Waals surface area contributed by atoms with Crippen molar-refractivity contribution in [2.75, 3.05) is 33.1 Å². The van der Waals surface area contributed by atoms with Crippen LogP contribution in [-0.2, 0) is 11.2 Å². The number of urea groups is 1. The Labute approximate surface area is 175 Å². The molecule has 2 rings (SSSR count). The van der Waals surface area contributed by atoms with Gasteiger partial charge in [0.05, 0.1) is 14.2 Å². The van der Waals surface area contributed by atoms with Gasteiger partial charge in [0.15, 0.2) is 11.5 Å². The van der Waals surface area contributed by atoms with Crippen molar-refractivity contribution in [2.24, 2.45) is 0 Å². The van der Waals surface area contributed by atoms with E-state index in [1.807, 2.05) is 18.2 Å². The van der Waals surface area contributed by atoms with E-state index < -0.39 is 12.1 Å². The molecule has 0 aliphatic carbocycles. The first-order valence-corrected chi connectivity index (χ1v) is 9.50. The van der Waals surface area contributed by atoms with Gasteiger partial charge in [0.2, 0.25) is 5.91 Å². The molecule has 3 amide bonds. The molecule has 0 aliphatic heterocycles. The standard InChI is InChI=1S/C21H26ClN3O4/c1-14(23-21(27)24-17-7-5-6-16(22)13-17)20(26)25(2)11-10-15-8-9-18(28-3)19(12-15)29-4/h5-9,12-14H,10-11H2,1-4H3,(H2,23,24,27). The molecule has 1 atom stereocenters. The van der Waals surface area contributed by atoms with Crippen molar-refractivity contribution in [1.29, 1.82) is 0 Å². The van der Waals surface area contributed by atoms with Gasteiger partial charge in [0.25, 0.3) is 0 Å². The second-order valence-electron chi connectivity index (χ2n) is 6.53. The number of anilines is 1. The Morgan fingerprint density at radius 1 is 1.10 bits per heavy atom. The lowest BCUT2D eigenvalue weighted by Crippen LogP contribution is -2.47. The van der Waals surface area contributed by atoms with Crippen LogP contribution in [0.15, 0.2) is 42.5 Å². The number of nitrogens with one attached hydrogen (secondary N) is 2. The molecular formula is C21H26ClN3O4. The van der Waals surface area contributed by atoms with Gasteiger partial charge < -0.3 is 25.0 Å². The van der Waals surface area contributed by atoms with Crippen LogP contribution in [0.2, 0.25) is 5.02 Å². The molecule has 2 N–H and O–H groups in total. The quantitative estimate of drug-likeness (QED) is 0.685. The van der Waals surface area contributed by atoms with E-state index in [0.717, 1.165) is 5.56 Å². The van der Waals surface area contributed by atoms with Crippen LogP contribution in [0, 0.1) is 0 Å². The van der Waals surface area contributed by atoms with Crippen molar-refractivity contribution < 1.29 is 19.1 Å². The summed E-state index contributed by atoms with van der Waals surface area (Å²) < 4.78 is 10.5. The Morgan fingerprint density at radius 3 is 2.48 bits per heavy atom. The van der Waals surface area contributed by atoms with Crippen molar-refractivity contribution >= 4 is 29.2 Å². The maximum absolute atomic E-state index is 12.5. The molecule has 0 spiro atoms. The maximum atomic E-state index is 12.5. The van der Waals surface area contributed by atoms with Crippen LogP contribution in [0.4, 0.5) is 10.5 Å². The molecule has 0 bridgehead atoms. The molecule has 0 saturated carbocycles. The summed E-state index contributed by atoms with van der Waals surface area (Å²) in [5.41, 5.74) is 1.57. The third kappa shape index (κ3) is 6.57. The van der Waals surface area contributed by atoms with Gasteiger partial charge >= 0.3 is 6.03 Å². The number of likely N-dealkylation sites (N-methyl/N-ethyl adjacent to an activating group) is 1. The Hall–Kier alpha value is -2.93. The molecule has 0 aromatic heterocycles. The average molecular weight is 420 g/mol. The number of hydrogen-bond acceptors (Lipinski definition) is 4. The molecule has 0 aliphatic rings. The van der Waals surface area contributed by atoms with Crippen LogP contribution in [0.1, 0.15) is 12.5 Å². The first-order valence-electron chi connectivity index (χ1n) is 9.13. The van der Waals surface area contributed by atoms with Gasteiger partial charge in [-0.25, -0.2) is 4.79 Å². The molecule has 8 heteroatoms. The minimum atomic E-state index is -0.676. The summed E-state index contributed by atoms with van der Waals surface area (Å²) in [5.74, 6) is 1.11. The number of amides is 3. The smallest absolute Gasteiger partial charge is 0.319 e. The van der Waals surface area contributed by atoms with E-state index in [2.05, 4.69) is 10.6 Å². The van der Waals surface area contributed by atoms with Gasteiger partial charge in [-0.05, 0) is 49.2 Å². The molecule has 0 radical (unpaired) electrons. The van der Waals surface area contributed by atoms with Crippen LogP contribution < -0.4 is 20.1 Å². The van der Waals surface area contributed by atoms with Gasteiger partial charge in [-0.2, -0.15) is 0 Å². The lowest BCUT2D eigenvalue weighted by Gasteiger charge is -2.22. The van der Waals surface area contributed by atoms with Crippen molar-refractivity contribution in [3.05, 3.63) is 53.1 Å². The summed E-state index contributed by atoms with van der Waals surface area (Å²) in [6.45, 7) is 2.14. The lowest BCUT2D eigenvalue weighted by atomic mass is 10.1. The average Bonchev–Trinajstić information content (AvgIpc) is 2.70. The number of carbonyl (C=O) groups is 2. The van der Waals surface area contributed by atoms with E-state index >= 15 is 0 Å². The summed E-state index contributed by atoms with van der Waals surface area (Å²) >= 11 is 5.90. The second-order valence-corrected chi connectivity index (χ2v) is 6.97. The minimum Gasteiger partial charge on any atom is -0.493 e. The minimum absolute atomic E-state index is 0.188. The molecule has 2 aromatic carbocycles. The zero-order chi connectivity index (χ0) is 21.4. The van der Waals surface area contributed by atoms with Crippen LogP contribution in [0.5, 0.6) is 11.5 Å². The number of ether oxygens (including phenoxy) is 2. The van der Waals surface area contributed by atoms with Crippen molar-refractivity contribution in [3.8, 4) is 11.5 Å². The fourth-order valence-electron chi connectivity index (χ4n) is 2.77. The summed E-state index contributed by atoms with van der Waals surface area (Å²) in [7, 11) is 4.87. The second kappa shape index (κ2) is 10.6. The van der Waals surface area contributed by atoms with Gasteiger partial charge in [-0.15, -0.1) is 0 Å². The molecule has 2 aromatic rings. The Bertz CT molecular complexity index is 860. The largest absolute Gasteiger partial charge is 0.493 e. The number of benzene rings is 2. The molecular weight excluding hydrogens is 394 g/mol. The molecule has 7 nitrogen and oxygen atoms in total. The van der Waals surface area contributed by atoms with Crippen LogP contribution in [0.3, 0.4) is 0 Å². The number of halogens is 1. The third-order valence-corrected chi connectivity index (χ3v) is 4.60. The first-order chi connectivity index (χ1) is 13.8. The SMILES string of the molecule is COc1ccc(CCN(C)C(=O)C(C)NC(=O)Nc2cccc(Cl)c2)cc1OC. The van der Waals surface area contributed by atoms with Crippen LogP contribution >= 0.6 is 11.6 Å². The van der Waals surface area contributed by atoms with Crippen molar-refractivity contribution in [2.45, 2.75) is 19.4 Å². The first kappa shape index (κ1) is 22.4. The topological polar surface area (TPSA) is 79.9 Å². The van der Waals surface area contributed by atoms with E-state index in [4.69, 9.17) is 21.1 Å². The highest BCUT2D eigenvalue weighted by Crippen LogP contribution is 2.27.